The topological polar surface area (TPSA) is 49.9 Å². The Morgan fingerprint density at radius 3 is 2.73 bits per heavy atom. The minimum atomic E-state index is -0.469. The van der Waals surface area contributed by atoms with E-state index in [9.17, 15) is 9.59 Å². The van der Waals surface area contributed by atoms with E-state index in [-0.39, 0.29) is 17.7 Å². The fourth-order valence-corrected chi connectivity index (χ4v) is 3.92. The number of benzene rings is 1. The molecule has 0 bridgehead atoms. The van der Waals surface area contributed by atoms with Crippen molar-refractivity contribution >= 4 is 23.4 Å². The van der Waals surface area contributed by atoms with Crippen LogP contribution in [-0.2, 0) is 16.0 Å². The lowest BCUT2D eigenvalue weighted by molar-refractivity contribution is -0.143. The summed E-state index contributed by atoms with van der Waals surface area (Å²) >= 11 is 6.02. The van der Waals surface area contributed by atoms with Gasteiger partial charge in [0.1, 0.15) is 5.75 Å². The average molecular weight is 379 g/mol. The molecule has 6 heteroatoms. The molecule has 1 atom stereocenters. The Labute approximate surface area is 160 Å². The van der Waals surface area contributed by atoms with Crippen molar-refractivity contribution in [1.82, 2.24) is 9.80 Å². The molecule has 142 valence electrons. The van der Waals surface area contributed by atoms with Crippen LogP contribution in [0, 0.1) is 5.92 Å². The van der Waals surface area contributed by atoms with Crippen LogP contribution in [0.1, 0.15) is 38.2 Å². The maximum Gasteiger partial charge on any atom is 0.263 e. The van der Waals surface area contributed by atoms with E-state index in [1.807, 2.05) is 29.0 Å². The van der Waals surface area contributed by atoms with Gasteiger partial charge in [-0.05, 0) is 43.0 Å². The molecular formula is C20H27ClN2O3. The van der Waals surface area contributed by atoms with Gasteiger partial charge in [-0.15, -0.1) is 0 Å². The first kappa shape index (κ1) is 19.0. The van der Waals surface area contributed by atoms with E-state index >= 15 is 0 Å². The van der Waals surface area contributed by atoms with E-state index in [1.54, 1.807) is 6.07 Å². The number of halogens is 1. The number of hydrogen-bond donors (Lipinski definition) is 0. The Morgan fingerprint density at radius 2 is 2.04 bits per heavy atom. The summed E-state index contributed by atoms with van der Waals surface area (Å²) in [6.07, 6.45) is 3.66. The molecule has 2 amide bonds. The molecule has 0 N–H and O–H groups in total. The van der Waals surface area contributed by atoms with E-state index in [4.69, 9.17) is 16.3 Å². The van der Waals surface area contributed by atoms with Crippen molar-refractivity contribution in [3.05, 3.63) is 28.8 Å². The van der Waals surface area contributed by atoms with Crippen LogP contribution in [0.3, 0.4) is 0 Å². The minimum Gasteiger partial charge on any atom is -0.480 e. The second kappa shape index (κ2) is 8.30. The Bertz CT molecular complexity index is 671. The van der Waals surface area contributed by atoms with Gasteiger partial charge in [-0.2, -0.15) is 0 Å². The van der Waals surface area contributed by atoms with Gasteiger partial charge in [0.15, 0.2) is 6.10 Å². The van der Waals surface area contributed by atoms with E-state index in [0.717, 1.165) is 43.5 Å². The highest BCUT2D eigenvalue weighted by Gasteiger charge is 2.35. The second-order valence-electron chi connectivity index (χ2n) is 7.28. The molecule has 3 rings (SSSR count). The molecule has 0 radical (unpaired) electrons. The maximum absolute atomic E-state index is 12.8. The van der Waals surface area contributed by atoms with Gasteiger partial charge in [0.05, 0.1) is 0 Å². The molecule has 26 heavy (non-hydrogen) atoms. The first-order valence-corrected chi connectivity index (χ1v) is 9.86. The van der Waals surface area contributed by atoms with Crippen LogP contribution in [0.15, 0.2) is 18.2 Å². The van der Waals surface area contributed by atoms with Crippen LogP contribution in [0.4, 0.5) is 0 Å². The summed E-state index contributed by atoms with van der Waals surface area (Å²) in [5, 5.41) is 0.659. The molecule has 1 aromatic carbocycles. The molecule has 0 spiro atoms. The number of fused-ring (bicyclic) bond motifs is 1. The van der Waals surface area contributed by atoms with Crippen molar-refractivity contribution in [3.8, 4) is 5.75 Å². The Kier molecular flexibility index (Phi) is 6.07. The number of amides is 2. The fourth-order valence-electron chi connectivity index (χ4n) is 3.72. The van der Waals surface area contributed by atoms with Crippen LogP contribution >= 0.6 is 11.6 Å². The van der Waals surface area contributed by atoms with Crippen LogP contribution in [0.25, 0.3) is 0 Å². The quantitative estimate of drug-likeness (QED) is 0.790. The largest absolute Gasteiger partial charge is 0.480 e. The molecule has 5 nitrogen and oxygen atoms in total. The van der Waals surface area contributed by atoms with E-state index in [2.05, 4.69) is 6.92 Å². The summed E-state index contributed by atoms with van der Waals surface area (Å²) in [4.78, 5) is 29.0. The van der Waals surface area contributed by atoms with Crippen LogP contribution < -0.4 is 4.74 Å². The van der Waals surface area contributed by atoms with Gasteiger partial charge < -0.3 is 14.5 Å². The molecule has 1 saturated heterocycles. The summed E-state index contributed by atoms with van der Waals surface area (Å²) in [5.41, 5.74) is 0.985. The van der Waals surface area contributed by atoms with E-state index in [0.29, 0.717) is 24.5 Å². The molecule has 2 aliphatic heterocycles. The molecule has 2 heterocycles. The van der Waals surface area contributed by atoms with Crippen molar-refractivity contribution < 1.29 is 14.3 Å². The zero-order chi connectivity index (χ0) is 18.7. The van der Waals surface area contributed by atoms with E-state index in [1.165, 1.54) is 0 Å². The number of carbonyl (C=O) groups is 2. The Hall–Kier alpha value is -1.75. The lowest BCUT2D eigenvalue weighted by Crippen LogP contribution is -2.47. The van der Waals surface area contributed by atoms with Crippen molar-refractivity contribution in [2.75, 3.05) is 26.7 Å². The van der Waals surface area contributed by atoms with Crippen molar-refractivity contribution in [3.63, 3.8) is 0 Å². The lowest BCUT2D eigenvalue weighted by Gasteiger charge is -2.34. The zero-order valence-corrected chi connectivity index (χ0v) is 16.3. The number of piperidine rings is 1. The third kappa shape index (κ3) is 4.14. The van der Waals surface area contributed by atoms with Gasteiger partial charge in [0.2, 0.25) is 5.91 Å². The number of likely N-dealkylation sites (tertiary alicyclic amines) is 1. The Balaban J connectivity index is 1.51. The summed E-state index contributed by atoms with van der Waals surface area (Å²) in [6, 6.07) is 5.46. The molecule has 0 aliphatic carbocycles. The number of nitrogens with zero attached hydrogens (tertiary/aromatic N) is 2. The van der Waals surface area contributed by atoms with Crippen molar-refractivity contribution in [2.24, 2.45) is 5.92 Å². The third-order valence-corrected chi connectivity index (χ3v) is 5.59. The van der Waals surface area contributed by atoms with Gasteiger partial charge in [-0.25, -0.2) is 0 Å². The van der Waals surface area contributed by atoms with Gasteiger partial charge in [0, 0.05) is 44.0 Å². The predicted octanol–water partition coefficient (Wildman–Crippen LogP) is 3.14. The van der Waals surface area contributed by atoms with Gasteiger partial charge >= 0.3 is 0 Å². The molecule has 1 aromatic rings. The second-order valence-corrected chi connectivity index (χ2v) is 7.71. The first-order valence-electron chi connectivity index (χ1n) is 9.48. The van der Waals surface area contributed by atoms with Crippen LogP contribution in [0.2, 0.25) is 5.02 Å². The smallest absolute Gasteiger partial charge is 0.263 e. The molecule has 1 unspecified atom stereocenters. The lowest BCUT2D eigenvalue weighted by atomic mass is 9.94. The van der Waals surface area contributed by atoms with E-state index < -0.39 is 6.10 Å². The maximum atomic E-state index is 12.8. The van der Waals surface area contributed by atoms with Gasteiger partial charge in [-0.1, -0.05) is 24.9 Å². The first-order chi connectivity index (χ1) is 12.5. The SMILES string of the molecule is CCCCN(C)C(=O)C1CCN(C(=O)C2Cc3cc(Cl)ccc3O2)CC1. The van der Waals surface area contributed by atoms with Crippen LogP contribution in [-0.4, -0.2) is 54.4 Å². The molecule has 0 saturated carbocycles. The van der Waals surface area contributed by atoms with Gasteiger partial charge in [0.25, 0.3) is 5.91 Å². The standard InChI is InChI=1S/C20H27ClN2O3/c1-3-4-9-22(2)19(24)14-7-10-23(11-8-14)20(25)18-13-15-12-16(21)5-6-17(15)26-18/h5-6,12,14,18H,3-4,7-11,13H2,1-2H3. The Morgan fingerprint density at radius 1 is 1.31 bits per heavy atom. The number of rotatable bonds is 5. The number of unbranched alkanes of at least 4 members (excludes halogenated alkanes) is 1. The zero-order valence-electron chi connectivity index (χ0n) is 15.5. The monoisotopic (exact) mass is 378 g/mol. The molecule has 1 fully saturated rings. The highest BCUT2D eigenvalue weighted by atomic mass is 35.5. The number of hydrogen-bond acceptors (Lipinski definition) is 3. The molecular weight excluding hydrogens is 352 g/mol. The van der Waals surface area contributed by atoms with Crippen molar-refractivity contribution in [2.45, 2.75) is 45.1 Å². The summed E-state index contributed by atoms with van der Waals surface area (Å²) < 4.78 is 5.81. The highest BCUT2D eigenvalue weighted by molar-refractivity contribution is 6.30. The molecule has 0 aromatic heterocycles. The summed E-state index contributed by atoms with van der Waals surface area (Å²) in [5.74, 6) is 1.00. The number of carbonyl (C=O) groups excluding carboxylic acids is 2. The molecule has 2 aliphatic rings. The third-order valence-electron chi connectivity index (χ3n) is 5.35. The highest BCUT2D eigenvalue weighted by Crippen LogP contribution is 2.32. The summed E-state index contributed by atoms with van der Waals surface area (Å²) in [6.45, 7) is 4.17. The minimum absolute atomic E-state index is 0.0163. The van der Waals surface area contributed by atoms with Crippen LogP contribution in [0.5, 0.6) is 5.75 Å². The normalized spacial score (nSPS) is 19.8. The fraction of sp³-hybridized carbons (Fsp3) is 0.600. The summed E-state index contributed by atoms with van der Waals surface area (Å²) in [7, 11) is 1.88. The van der Waals surface area contributed by atoms with Crippen molar-refractivity contribution in [1.29, 1.82) is 0 Å². The number of ether oxygens (including phenoxy) is 1. The average Bonchev–Trinajstić information content (AvgIpc) is 3.08. The van der Waals surface area contributed by atoms with Gasteiger partial charge in [-0.3, -0.25) is 9.59 Å². The predicted molar refractivity (Wildman–Crippen MR) is 101 cm³/mol.